The van der Waals surface area contributed by atoms with Crippen LogP contribution in [0.2, 0.25) is 0 Å². The van der Waals surface area contributed by atoms with Crippen LogP contribution in [0.15, 0.2) is 42.5 Å². The van der Waals surface area contributed by atoms with Gasteiger partial charge in [0.2, 0.25) is 12.7 Å². The predicted octanol–water partition coefficient (Wildman–Crippen LogP) is 2.38. The van der Waals surface area contributed by atoms with E-state index < -0.39 is 23.4 Å². The summed E-state index contributed by atoms with van der Waals surface area (Å²) in [6.45, 7) is 3.39. The highest BCUT2D eigenvalue weighted by Crippen LogP contribution is 2.37. The number of aryl methyl sites for hydroxylation is 1. The van der Waals surface area contributed by atoms with Crippen molar-refractivity contribution < 1.29 is 23.9 Å². The highest BCUT2D eigenvalue weighted by atomic mass is 16.7. The molecule has 0 aromatic heterocycles. The van der Waals surface area contributed by atoms with Gasteiger partial charge >= 0.3 is 6.03 Å². The van der Waals surface area contributed by atoms with Gasteiger partial charge in [-0.2, -0.15) is 0 Å². The number of fused-ring (bicyclic) bond motifs is 1. The standard InChI is InChI=1S/C21H21N3O5/c1-3-13-4-7-15(8-5-13)22-18(25)11-24-19(26)21(2,23-20(24)27)14-6-9-16-17(10-14)29-12-28-16/h4-10H,3,11-12H2,1-2H3,(H,22,25)(H,23,27)/t21-/m0/s1. The number of nitrogens with one attached hydrogen (secondary N) is 2. The number of benzene rings is 2. The molecule has 2 heterocycles. The highest BCUT2D eigenvalue weighted by Gasteiger charge is 2.49. The van der Waals surface area contributed by atoms with E-state index in [1.807, 2.05) is 19.1 Å². The lowest BCUT2D eigenvalue weighted by molar-refractivity contribution is -0.133. The Balaban J connectivity index is 1.48. The van der Waals surface area contributed by atoms with Gasteiger partial charge in [0.25, 0.3) is 5.91 Å². The summed E-state index contributed by atoms with van der Waals surface area (Å²) in [6.07, 6.45) is 0.898. The van der Waals surface area contributed by atoms with Crippen LogP contribution in [0.5, 0.6) is 11.5 Å². The van der Waals surface area contributed by atoms with Gasteiger partial charge in [0.05, 0.1) is 0 Å². The molecule has 8 heteroatoms. The topological polar surface area (TPSA) is 97.0 Å². The third-order valence-electron chi connectivity index (χ3n) is 5.17. The largest absolute Gasteiger partial charge is 0.454 e. The summed E-state index contributed by atoms with van der Waals surface area (Å²) in [5.74, 6) is 0.141. The van der Waals surface area contributed by atoms with Crippen molar-refractivity contribution >= 4 is 23.5 Å². The fraction of sp³-hybridized carbons (Fsp3) is 0.286. The van der Waals surface area contributed by atoms with Crippen LogP contribution in [0.4, 0.5) is 10.5 Å². The van der Waals surface area contributed by atoms with Crippen molar-refractivity contribution in [3.63, 3.8) is 0 Å². The first-order valence-electron chi connectivity index (χ1n) is 9.34. The van der Waals surface area contributed by atoms with Crippen molar-refractivity contribution in [1.82, 2.24) is 10.2 Å². The number of carbonyl (C=O) groups is 3. The number of urea groups is 1. The summed E-state index contributed by atoms with van der Waals surface area (Å²) < 4.78 is 10.6. The molecule has 2 aromatic rings. The quantitative estimate of drug-likeness (QED) is 0.758. The van der Waals surface area contributed by atoms with Gasteiger partial charge in [0, 0.05) is 5.69 Å². The molecule has 0 saturated carbocycles. The molecular formula is C21H21N3O5. The molecule has 2 aliphatic rings. The maximum Gasteiger partial charge on any atom is 0.325 e. The van der Waals surface area contributed by atoms with E-state index in [-0.39, 0.29) is 13.3 Å². The predicted molar refractivity (Wildman–Crippen MR) is 105 cm³/mol. The fourth-order valence-electron chi connectivity index (χ4n) is 3.41. The molecule has 0 bridgehead atoms. The molecule has 4 amide bonds. The number of anilines is 1. The number of amides is 4. The molecule has 1 fully saturated rings. The lowest BCUT2D eigenvalue weighted by Gasteiger charge is -2.22. The molecule has 1 atom stereocenters. The summed E-state index contributed by atoms with van der Waals surface area (Å²) in [4.78, 5) is 38.7. The Kier molecular flexibility index (Phi) is 4.62. The van der Waals surface area contributed by atoms with Crippen LogP contribution in [0.1, 0.15) is 25.0 Å². The third kappa shape index (κ3) is 3.37. The Morgan fingerprint density at radius 1 is 1.14 bits per heavy atom. The number of nitrogens with zero attached hydrogens (tertiary/aromatic N) is 1. The second-order valence-electron chi connectivity index (χ2n) is 7.11. The van der Waals surface area contributed by atoms with E-state index in [1.165, 1.54) is 0 Å². The van der Waals surface area contributed by atoms with Crippen LogP contribution >= 0.6 is 0 Å². The van der Waals surface area contributed by atoms with E-state index in [9.17, 15) is 14.4 Å². The summed E-state index contributed by atoms with van der Waals surface area (Å²) in [5.41, 5.74) is 1.02. The Labute approximate surface area is 167 Å². The van der Waals surface area contributed by atoms with Crippen LogP contribution in [-0.2, 0) is 21.5 Å². The first kappa shape index (κ1) is 18.8. The molecule has 29 heavy (non-hydrogen) atoms. The summed E-state index contributed by atoms with van der Waals surface area (Å²) in [7, 11) is 0. The SMILES string of the molecule is CCc1ccc(NC(=O)CN2C(=O)N[C@@](C)(c3ccc4c(c3)OCO4)C2=O)cc1. The Bertz CT molecular complexity index is 988. The minimum Gasteiger partial charge on any atom is -0.454 e. The monoisotopic (exact) mass is 395 g/mol. The number of hydrogen-bond acceptors (Lipinski definition) is 5. The van der Waals surface area contributed by atoms with E-state index >= 15 is 0 Å². The van der Waals surface area contributed by atoms with E-state index in [2.05, 4.69) is 10.6 Å². The summed E-state index contributed by atoms with van der Waals surface area (Å²) in [5, 5.41) is 5.40. The molecule has 0 spiro atoms. The number of rotatable bonds is 5. The molecule has 2 aliphatic heterocycles. The van der Waals surface area contributed by atoms with Gasteiger partial charge in [-0.25, -0.2) is 4.79 Å². The Morgan fingerprint density at radius 2 is 1.86 bits per heavy atom. The van der Waals surface area contributed by atoms with Crippen LogP contribution in [0.25, 0.3) is 0 Å². The van der Waals surface area contributed by atoms with Crippen molar-refractivity contribution in [2.24, 2.45) is 0 Å². The molecule has 0 radical (unpaired) electrons. The second-order valence-corrected chi connectivity index (χ2v) is 7.11. The van der Waals surface area contributed by atoms with E-state index in [4.69, 9.17) is 9.47 Å². The number of hydrogen-bond donors (Lipinski definition) is 2. The van der Waals surface area contributed by atoms with Gasteiger partial charge in [-0.3, -0.25) is 14.5 Å². The van der Waals surface area contributed by atoms with Crippen LogP contribution in [-0.4, -0.2) is 36.1 Å². The van der Waals surface area contributed by atoms with Gasteiger partial charge in [-0.15, -0.1) is 0 Å². The second kappa shape index (κ2) is 7.12. The smallest absolute Gasteiger partial charge is 0.325 e. The average Bonchev–Trinajstić information content (AvgIpc) is 3.27. The molecular weight excluding hydrogens is 374 g/mol. The third-order valence-corrected chi connectivity index (χ3v) is 5.17. The molecule has 2 aromatic carbocycles. The van der Waals surface area contributed by atoms with Gasteiger partial charge in [-0.1, -0.05) is 25.1 Å². The van der Waals surface area contributed by atoms with Gasteiger partial charge < -0.3 is 20.1 Å². The van der Waals surface area contributed by atoms with E-state index in [0.717, 1.165) is 16.9 Å². The van der Waals surface area contributed by atoms with E-state index in [0.29, 0.717) is 22.7 Å². The lowest BCUT2D eigenvalue weighted by atomic mass is 9.91. The molecule has 0 unspecified atom stereocenters. The molecule has 150 valence electrons. The van der Waals surface area contributed by atoms with Gasteiger partial charge in [0.1, 0.15) is 12.1 Å². The first-order chi connectivity index (χ1) is 13.9. The van der Waals surface area contributed by atoms with Crippen molar-refractivity contribution in [3.05, 3.63) is 53.6 Å². The van der Waals surface area contributed by atoms with Crippen LogP contribution < -0.4 is 20.1 Å². The zero-order chi connectivity index (χ0) is 20.6. The minimum atomic E-state index is -1.29. The number of ether oxygens (including phenoxy) is 2. The van der Waals surface area contributed by atoms with Crippen LogP contribution in [0, 0.1) is 0 Å². The number of carbonyl (C=O) groups excluding carboxylic acids is 3. The number of imide groups is 1. The zero-order valence-corrected chi connectivity index (χ0v) is 16.2. The summed E-state index contributed by atoms with van der Waals surface area (Å²) in [6, 6.07) is 11.9. The zero-order valence-electron chi connectivity index (χ0n) is 16.2. The lowest BCUT2D eigenvalue weighted by Crippen LogP contribution is -2.42. The van der Waals surface area contributed by atoms with Gasteiger partial charge in [-0.05, 0) is 48.7 Å². The Morgan fingerprint density at radius 3 is 2.59 bits per heavy atom. The van der Waals surface area contributed by atoms with Crippen molar-refractivity contribution in [1.29, 1.82) is 0 Å². The molecule has 4 rings (SSSR count). The molecule has 2 N–H and O–H groups in total. The Hall–Kier alpha value is -3.55. The minimum absolute atomic E-state index is 0.112. The highest BCUT2D eigenvalue weighted by molar-refractivity contribution is 6.10. The summed E-state index contributed by atoms with van der Waals surface area (Å²) >= 11 is 0. The maximum atomic E-state index is 13.0. The van der Waals surface area contributed by atoms with Crippen molar-refractivity contribution in [2.45, 2.75) is 25.8 Å². The average molecular weight is 395 g/mol. The normalized spacial score (nSPS) is 20.0. The van der Waals surface area contributed by atoms with E-state index in [1.54, 1.807) is 37.3 Å². The maximum absolute atomic E-state index is 13.0. The first-order valence-corrected chi connectivity index (χ1v) is 9.34. The molecule has 8 nitrogen and oxygen atoms in total. The molecule has 1 saturated heterocycles. The fourth-order valence-corrected chi connectivity index (χ4v) is 3.41. The molecule has 0 aliphatic carbocycles. The van der Waals surface area contributed by atoms with Crippen molar-refractivity contribution in [2.75, 3.05) is 18.7 Å². The van der Waals surface area contributed by atoms with Crippen LogP contribution in [0.3, 0.4) is 0 Å². The van der Waals surface area contributed by atoms with Crippen molar-refractivity contribution in [3.8, 4) is 11.5 Å². The van der Waals surface area contributed by atoms with Gasteiger partial charge in [0.15, 0.2) is 11.5 Å².